The molecule has 2 fully saturated rings. The first-order chi connectivity index (χ1) is 11.2. The minimum absolute atomic E-state index is 0.161. The Kier molecular flexibility index (Phi) is 4.50. The predicted octanol–water partition coefficient (Wildman–Crippen LogP) is 4.59. The van der Waals surface area contributed by atoms with Gasteiger partial charge in [-0.2, -0.15) is 0 Å². The second-order valence-electron chi connectivity index (χ2n) is 8.59. The number of likely N-dealkylation sites (tertiary alicyclic amines) is 1. The fraction of sp³-hybridized carbons (Fsp3) is 0.650. The van der Waals surface area contributed by atoms with Crippen LogP contribution in [-0.4, -0.2) is 35.7 Å². The summed E-state index contributed by atoms with van der Waals surface area (Å²) < 4.78 is 5.48. The van der Waals surface area contributed by atoms with Gasteiger partial charge >= 0.3 is 6.09 Å². The van der Waals surface area contributed by atoms with E-state index in [4.69, 9.17) is 4.74 Å². The molecule has 1 amide bonds. The number of piperidine rings is 1. The molecular weight excluding hydrogens is 300 g/mol. The maximum Gasteiger partial charge on any atom is 0.410 e. The number of hydrogen-bond donors (Lipinski definition) is 1. The summed E-state index contributed by atoms with van der Waals surface area (Å²) in [7, 11) is 0. The maximum absolute atomic E-state index is 12.2. The molecule has 1 spiro atoms. The van der Waals surface area contributed by atoms with E-state index in [1.165, 1.54) is 24.1 Å². The van der Waals surface area contributed by atoms with Crippen LogP contribution in [0.3, 0.4) is 0 Å². The molecule has 1 heterocycles. The van der Waals surface area contributed by atoms with E-state index in [1.807, 2.05) is 25.7 Å². The van der Waals surface area contributed by atoms with Crippen LogP contribution in [-0.2, 0) is 4.74 Å². The molecule has 0 aromatic heterocycles. The number of amides is 1. The van der Waals surface area contributed by atoms with Gasteiger partial charge in [-0.25, -0.2) is 4.79 Å². The number of hydrogen-bond acceptors (Lipinski definition) is 3. The van der Waals surface area contributed by atoms with Crippen LogP contribution in [0.15, 0.2) is 24.3 Å². The van der Waals surface area contributed by atoms with Crippen molar-refractivity contribution in [3.63, 3.8) is 0 Å². The zero-order valence-electron chi connectivity index (χ0n) is 15.4. The number of aryl methyl sites for hydroxylation is 1. The van der Waals surface area contributed by atoms with E-state index in [0.29, 0.717) is 11.5 Å². The minimum Gasteiger partial charge on any atom is -0.444 e. The molecule has 1 N–H and O–H groups in total. The van der Waals surface area contributed by atoms with E-state index < -0.39 is 5.60 Å². The summed E-state index contributed by atoms with van der Waals surface area (Å²) in [4.78, 5) is 14.0. The van der Waals surface area contributed by atoms with E-state index in [-0.39, 0.29) is 6.09 Å². The van der Waals surface area contributed by atoms with Gasteiger partial charge in [-0.1, -0.05) is 12.1 Å². The second-order valence-corrected chi connectivity index (χ2v) is 8.59. The highest BCUT2D eigenvalue weighted by Crippen LogP contribution is 2.50. The zero-order valence-corrected chi connectivity index (χ0v) is 15.4. The van der Waals surface area contributed by atoms with Gasteiger partial charge in [-0.05, 0) is 76.5 Å². The summed E-state index contributed by atoms with van der Waals surface area (Å²) in [5.41, 5.74) is 2.53. The van der Waals surface area contributed by atoms with Crippen molar-refractivity contribution in [1.82, 2.24) is 4.90 Å². The lowest BCUT2D eigenvalue weighted by atomic mass is 9.60. The molecule has 3 rings (SSSR count). The van der Waals surface area contributed by atoms with E-state index in [9.17, 15) is 4.79 Å². The summed E-state index contributed by atoms with van der Waals surface area (Å²) in [5.74, 6) is 0. The van der Waals surface area contributed by atoms with Crippen LogP contribution in [0.1, 0.15) is 52.0 Å². The molecule has 1 aromatic carbocycles. The Bertz CT molecular complexity index is 590. The van der Waals surface area contributed by atoms with E-state index in [0.717, 1.165) is 25.9 Å². The van der Waals surface area contributed by atoms with Gasteiger partial charge in [-0.15, -0.1) is 0 Å². The standard InChI is InChI=1S/C20H30N2O2/c1-15-6-5-7-16(12-15)21-17-13-20(14-17)8-10-22(11-9-20)18(23)24-19(2,3)4/h5-7,12,17,21H,8-11,13-14H2,1-4H3. The molecule has 1 aliphatic carbocycles. The van der Waals surface area contributed by atoms with Crippen LogP contribution < -0.4 is 5.32 Å². The molecule has 2 aliphatic rings. The van der Waals surface area contributed by atoms with Crippen molar-refractivity contribution in [2.45, 2.75) is 65.0 Å². The number of rotatable bonds is 2. The van der Waals surface area contributed by atoms with Gasteiger partial charge in [0.25, 0.3) is 0 Å². The summed E-state index contributed by atoms with van der Waals surface area (Å²) in [5, 5.41) is 3.65. The Labute approximate surface area is 145 Å². The molecule has 0 bridgehead atoms. The highest BCUT2D eigenvalue weighted by molar-refractivity contribution is 5.68. The number of nitrogens with one attached hydrogen (secondary N) is 1. The van der Waals surface area contributed by atoms with E-state index in [2.05, 4.69) is 36.5 Å². The van der Waals surface area contributed by atoms with Crippen molar-refractivity contribution in [2.75, 3.05) is 18.4 Å². The first-order valence-corrected chi connectivity index (χ1v) is 9.06. The summed E-state index contributed by atoms with van der Waals surface area (Å²) >= 11 is 0. The normalized spacial score (nSPS) is 20.6. The van der Waals surface area contributed by atoms with Crippen LogP contribution in [0.5, 0.6) is 0 Å². The molecule has 0 atom stereocenters. The summed E-state index contributed by atoms with van der Waals surface area (Å²) in [6, 6.07) is 9.14. The first kappa shape index (κ1) is 17.1. The molecular formula is C20H30N2O2. The van der Waals surface area contributed by atoms with Gasteiger partial charge in [0.05, 0.1) is 0 Å². The lowest BCUT2D eigenvalue weighted by molar-refractivity contribution is -0.00859. The first-order valence-electron chi connectivity index (χ1n) is 9.06. The van der Waals surface area contributed by atoms with Crippen LogP contribution in [0.2, 0.25) is 0 Å². The summed E-state index contributed by atoms with van der Waals surface area (Å²) in [6.07, 6.45) is 4.45. The van der Waals surface area contributed by atoms with Crippen molar-refractivity contribution in [3.8, 4) is 0 Å². The Balaban J connectivity index is 1.46. The Morgan fingerprint density at radius 2 is 1.92 bits per heavy atom. The molecule has 1 saturated carbocycles. The van der Waals surface area contributed by atoms with Gasteiger partial charge in [-0.3, -0.25) is 0 Å². The van der Waals surface area contributed by atoms with Gasteiger partial charge in [0.15, 0.2) is 0 Å². The van der Waals surface area contributed by atoms with E-state index >= 15 is 0 Å². The number of carbonyl (C=O) groups excluding carboxylic acids is 1. The Morgan fingerprint density at radius 3 is 2.50 bits per heavy atom. The Morgan fingerprint density at radius 1 is 1.25 bits per heavy atom. The SMILES string of the molecule is Cc1cccc(NC2CC3(CCN(C(=O)OC(C)(C)C)CC3)C2)c1. The van der Waals surface area contributed by atoms with Gasteiger partial charge in [0.1, 0.15) is 5.60 Å². The van der Waals surface area contributed by atoms with Crippen molar-refractivity contribution < 1.29 is 9.53 Å². The molecule has 4 heteroatoms. The van der Waals surface area contributed by atoms with Crippen LogP contribution in [0.25, 0.3) is 0 Å². The van der Waals surface area contributed by atoms with Crippen molar-refractivity contribution >= 4 is 11.8 Å². The molecule has 0 unspecified atom stereocenters. The molecule has 24 heavy (non-hydrogen) atoms. The quantitative estimate of drug-likeness (QED) is 0.862. The van der Waals surface area contributed by atoms with Gasteiger partial charge < -0.3 is 15.0 Å². The summed E-state index contributed by atoms with van der Waals surface area (Å²) in [6.45, 7) is 9.54. The average Bonchev–Trinajstić information content (AvgIpc) is 2.44. The van der Waals surface area contributed by atoms with Crippen molar-refractivity contribution in [3.05, 3.63) is 29.8 Å². The van der Waals surface area contributed by atoms with Crippen LogP contribution >= 0.6 is 0 Å². The highest BCUT2D eigenvalue weighted by Gasteiger charge is 2.46. The second kappa shape index (κ2) is 6.30. The largest absolute Gasteiger partial charge is 0.444 e. The number of carbonyl (C=O) groups is 1. The monoisotopic (exact) mass is 330 g/mol. The number of anilines is 1. The number of benzene rings is 1. The van der Waals surface area contributed by atoms with Gasteiger partial charge in [0.2, 0.25) is 0 Å². The Hall–Kier alpha value is -1.71. The number of ether oxygens (including phenoxy) is 1. The lowest BCUT2D eigenvalue weighted by Crippen LogP contribution is -2.53. The van der Waals surface area contributed by atoms with Gasteiger partial charge in [0, 0.05) is 24.8 Å². The molecule has 1 aromatic rings. The minimum atomic E-state index is -0.411. The molecule has 4 nitrogen and oxygen atoms in total. The highest BCUT2D eigenvalue weighted by atomic mass is 16.6. The van der Waals surface area contributed by atoms with Crippen LogP contribution in [0, 0.1) is 12.3 Å². The molecule has 0 radical (unpaired) electrons. The van der Waals surface area contributed by atoms with Crippen molar-refractivity contribution in [2.24, 2.45) is 5.41 Å². The molecule has 132 valence electrons. The molecule has 1 saturated heterocycles. The van der Waals surface area contributed by atoms with E-state index in [1.54, 1.807) is 0 Å². The third kappa shape index (κ3) is 4.03. The zero-order chi connectivity index (χ0) is 17.4. The average molecular weight is 330 g/mol. The van der Waals surface area contributed by atoms with Crippen LogP contribution in [0.4, 0.5) is 10.5 Å². The third-order valence-corrected chi connectivity index (χ3v) is 5.22. The fourth-order valence-corrected chi connectivity index (χ4v) is 3.96. The predicted molar refractivity (Wildman–Crippen MR) is 97.3 cm³/mol. The number of nitrogens with zero attached hydrogens (tertiary/aromatic N) is 1. The maximum atomic E-state index is 12.2. The van der Waals surface area contributed by atoms with Crippen molar-refractivity contribution in [1.29, 1.82) is 0 Å². The lowest BCUT2D eigenvalue weighted by Gasteiger charge is -2.52. The fourth-order valence-electron chi connectivity index (χ4n) is 3.96. The topological polar surface area (TPSA) is 41.6 Å². The third-order valence-electron chi connectivity index (χ3n) is 5.22. The molecule has 1 aliphatic heterocycles. The smallest absolute Gasteiger partial charge is 0.410 e.